The van der Waals surface area contributed by atoms with Crippen LogP contribution in [0.1, 0.15) is 10.4 Å². The number of benzene rings is 2. The number of carbonyl (C=O) groups excluding carboxylic acids is 1. The summed E-state index contributed by atoms with van der Waals surface area (Å²) in [5.74, 6) is -1.04. The topological polar surface area (TPSA) is 102 Å². The highest BCUT2D eigenvalue weighted by molar-refractivity contribution is 6.32. The summed E-state index contributed by atoms with van der Waals surface area (Å²) in [6.07, 6.45) is 2.87. The fraction of sp³-hybridized carbons (Fsp3) is 0.0556. The minimum atomic E-state index is -1.17. The number of anilines is 1. The molecule has 7 nitrogen and oxygen atoms in total. The zero-order chi connectivity index (χ0) is 18.5. The van der Waals surface area contributed by atoms with Gasteiger partial charge in [-0.1, -0.05) is 23.7 Å². The van der Waals surface area contributed by atoms with Gasteiger partial charge in [-0.15, -0.1) is 0 Å². The third-order valence-electron chi connectivity index (χ3n) is 3.40. The number of aromatic carboxylic acids is 1. The van der Waals surface area contributed by atoms with Crippen LogP contribution in [0.4, 0.5) is 5.69 Å². The number of carboxylic acids is 1. The summed E-state index contributed by atoms with van der Waals surface area (Å²) in [6.45, 7) is -0.327. The lowest BCUT2D eigenvalue weighted by Crippen LogP contribution is -2.21. The highest BCUT2D eigenvalue weighted by atomic mass is 35.5. The second kappa shape index (κ2) is 7.71. The van der Waals surface area contributed by atoms with Crippen molar-refractivity contribution in [3.8, 4) is 17.2 Å². The molecule has 3 rings (SSSR count). The van der Waals surface area contributed by atoms with Gasteiger partial charge in [-0.2, -0.15) is 0 Å². The van der Waals surface area contributed by atoms with Crippen LogP contribution in [-0.2, 0) is 4.79 Å². The van der Waals surface area contributed by atoms with Gasteiger partial charge in [0.1, 0.15) is 12.0 Å². The molecule has 0 aliphatic rings. The predicted octanol–water partition coefficient (Wildman–Crippen LogP) is 3.71. The number of para-hydroxylation sites is 1. The lowest BCUT2D eigenvalue weighted by Gasteiger charge is -2.11. The third kappa shape index (κ3) is 4.01. The Bertz CT molecular complexity index is 941. The molecule has 0 unspecified atom stereocenters. The van der Waals surface area contributed by atoms with Gasteiger partial charge < -0.3 is 19.6 Å². The standard InChI is InChI=1S/C18H13ClN2O5/c19-13-3-1-2-4-15(13)26-10-16(22)21-14-9-11(17-20-7-8-25-17)5-6-12(14)18(23)24/h1-9H,10H2,(H,21,22)(H,23,24). The van der Waals surface area contributed by atoms with Crippen molar-refractivity contribution < 1.29 is 23.8 Å². The molecule has 132 valence electrons. The molecular weight excluding hydrogens is 360 g/mol. The van der Waals surface area contributed by atoms with E-state index >= 15 is 0 Å². The molecular formula is C18H13ClN2O5. The summed E-state index contributed by atoms with van der Waals surface area (Å²) in [4.78, 5) is 27.5. The van der Waals surface area contributed by atoms with E-state index in [0.717, 1.165) is 0 Å². The average Bonchev–Trinajstić information content (AvgIpc) is 3.15. The van der Waals surface area contributed by atoms with Crippen molar-refractivity contribution >= 4 is 29.2 Å². The summed E-state index contributed by atoms with van der Waals surface area (Å²) in [5.41, 5.74) is 0.578. The number of nitrogens with one attached hydrogen (secondary N) is 1. The van der Waals surface area contributed by atoms with Crippen LogP contribution in [-0.4, -0.2) is 28.6 Å². The molecule has 0 aliphatic carbocycles. The molecule has 1 aromatic heterocycles. The normalized spacial score (nSPS) is 10.3. The van der Waals surface area contributed by atoms with Crippen molar-refractivity contribution in [2.75, 3.05) is 11.9 Å². The molecule has 0 radical (unpaired) electrons. The number of hydrogen-bond acceptors (Lipinski definition) is 5. The molecule has 0 bridgehead atoms. The van der Waals surface area contributed by atoms with E-state index in [4.69, 9.17) is 20.8 Å². The average molecular weight is 373 g/mol. The maximum absolute atomic E-state index is 12.2. The molecule has 3 aromatic rings. The van der Waals surface area contributed by atoms with Gasteiger partial charge in [-0.25, -0.2) is 9.78 Å². The van der Waals surface area contributed by atoms with Crippen molar-refractivity contribution in [1.82, 2.24) is 4.98 Å². The van der Waals surface area contributed by atoms with E-state index in [9.17, 15) is 14.7 Å². The number of hydrogen-bond donors (Lipinski definition) is 2. The first-order valence-corrected chi connectivity index (χ1v) is 7.87. The summed E-state index contributed by atoms with van der Waals surface area (Å²) >= 11 is 5.96. The summed E-state index contributed by atoms with van der Waals surface area (Å²) in [6, 6.07) is 11.1. The van der Waals surface area contributed by atoms with E-state index in [-0.39, 0.29) is 17.9 Å². The predicted molar refractivity (Wildman–Crippen MR) is 94.5 cm³/mol. The van der Waals surface area contributed by atoms with Gasteiger partial charge in [0, 0.05) is 5.56 Å². The Morgan fingerprint density at radius 1 is 1.23 bits per heavy atom. The van der Waals surface area contributed by atoms with Crippen molar-refractivity contribution in [3.63, 3.8) is 0 Å². The molecule has 2 aromatic carbocycles. The van der Waals surface area contributed by atoms with E-state index in [1.807, 2.05) is 0 Å². The molecule has 0 saturated carbocycles. The number of ether oxygens (including phenoxy) is 1. The quantitative estimate of drug-likeness (QED) is 0.683. The molecule has 1 heterocycles. The highest BCUT2D eigenvalue weighted by Gasteiger charge is 2.16. The lowest BCUT2D eigenvalue weighted by molar-refractivity contribution is -0.118. The fourth-order valence-electron chi connectivity index (χ4n) is 2.22. The number of aromatic nitrogens is 1. The molecule has 1 amide bonds. The first-order valence-electron chi connectivity index (χ1n) is 7.49. The Morgan fingerprint density at radius 2 is 2.04 bits per heavy atom. The Hall–Kier alpha value is -3.32. The smallest absolute Gasteiger partial charge is 0.337 e. The number of halogens is 1. The van der Waals surface area contributed by atoms with Crippen LogP contribution >= 0.6 is 11.6 Å². The van der Waals surface area contributed by atoms with Crippen LogP contribution in [0, 0.1) is 0 Å². The maximum Gasteiger partial charge on any atom is 0.337 e. The molecule has 0 atom stereocenters. The SMILES string of the molecule is O=C(COc1ccccc1Cl)Nc1cc(-c2ncco2)ccc1C(=O)O. The number of rotatable bonds is 6. The number of carbonyl (C=O) groups is 2. The van der Waals surface area contributed by atoms with Crippen molar-refractivity contribution in [1.29, 1.82) is 0 Å². The number of nitrogens with zero attached hydrogens (tertiary/aromatic N) is 1. The Labute approximate surface area is 153 Å². The molecule has 0 fully saturated rings. The zero-order valence-corrected chi connectivity index (χ0v) is 14.1. The minimum absolute atomic E-state index is 0.0635. The monoisotopic (exact) mass is 372 g/mol. The second-order valence-electron chi connectivity index (χ2n) is 5.17. The van der Waals surface area contributed by atoms with E-state index in [0.29, 0.717) is 22.2 Å². The van der Waals surface area contributed by atoms with Crippen LogP contribution in [0.3, 0.4) is 0 Å². The van der Waals surface area contributed by atoms with Crippen molar-refractivity contribution in [3.05, 3.63) is 65.5 Å². The number of oxazole rings is 1. The second-order valence-corrected chi connectivity index (χ2v) is 5.58. The van der Waals surface area contributed by atoms with E-state index in [1.54, 1.807) is 30.3 Å². The van der Waals surface area contributed by atoms with Crippen LogP contribution < -0.4 is 10.1 Å². The van der Waals surface area contributed by atoms with Gasteiger partial charge >= 0.3 is 5.97 Å². The van der Waals surface area contributed by atoms with Gasteiger partial charge in [0.05, 0.1) is 22.5 Å². The largest absolute Gasteiger partial charge is 0.482 e. The van der Waals surface area contributed by atoms with Crippen LogP contribution in [0.15, 0.2) is 59.3 Å². The lowest BCUT2D eigenvalue weighted by atomic mass is 10.1. The van der Waals surface area contributed by atoms with Gasteiger partial charge in [-0.3, -0.25) is 4.79 Å². The summed E-state index contributed by atoms with van der Waals surface area (Å²) in [7, 11) is 0. The third-order valence-corrected chi connectivity index (χ3v) is 3.71. The minimum Gasteiger partial charge on any atom is -0.482 e. The summed E-state index contributed by atoms with van der Waals surface area (Å²) in [5, 5.41) is 12.2. The fourth-order valence-corrected chi connectivity index (χ4v) is 2.41. The first kappa shape index (κ1) is 17.5. The number of carboxylic acid groups (broad SMARTS) is 1. The zero-order valence-electron chi connectivity index (χ0n) is 13.3. The van der Waals surface area contributed by atoms with Gasteiger partial charge in [0.15, 0.2) is 6.61 Å². The van der Waals surface area contributed by atoms with Crippen molar-refractivity contribution in [2.24, 2.45) is 0 Å². The molecule has 26 heavy (non-hydrogen) atoms. The van der Waals surface area contributed by atoms with Crippen LogP contribution in [0.5, 0.6) is 5.75 Å². The number of amides is 1. The van der Waals surface area contributed by atoms with E-state index in [2.05, 4.69) is 10.3 Å². The molecule has 8 heteroatoms. The van der Waals surface area contributed by atoms with E-state index in [1.165, 1.54) is 24.6 Å². The Kier molecular flexibility index (Phi) is 5.19. The van der Waals surface area contributed by atoms with Gasteiger partial charge in [0.2, 0.25) is 5.89 Å². The van der Waals surface area contributed by atoms with Crippen LogP contribution in [0.2, 0.25) is 5.02 Å². The van der Waals surface area contributed by atoms with Crippen LogP contribution in [0.25, 0.3) is 11.5 Å². The maximum atomic E-state index is 12.2. The molecule has 0 aliphatic heterocycles. The molecule has 2 N–H and O–H groups in total. The van der Waals surface area contributed by atoms with Gasteiger partial charge in [0.25, 0.3) is 5.91 Å². The Balaban J connectivity index is 1.76. The molecule has 0 spiro atoms. The summed E-state index contributed by atoms with van der Waals surface area (Å²) < 4.78 is 10.5. The van der Waals surface area contributed by atoms with Gasteiger partial charge in [-0.05, 0) is 30.3 Å². The van der Waals surface area contributed by atoms with Crippen molar-refractivity contribution in [2.45, 2.75) is 0 Å². The highest BCUT2D eigenvalue weighted by Crippen LogP contribution is 2.26. The Morgan fingerprint density at radius 3 is 2.73 bits per heavy atom. The first-order chi connectivity index (χ1) is 12.5. The van der Waals surface area contributed by atoms with E-state index < -0.39 is 11.9 Å². The molecule has 0 saturated heterocycles.